The zero-order valence-electron chi connectivity index (χ0n) is 35.9. The zero-order valence-corrected chi connectivity index (χ0v) is 35.9. The van der Waals surface area contributed by atoms with Crippen LogP contribution in [-0.4, -0.2) is 31.3 Å². The van der Waals surface area contributed by atoms with Crippen molar-refractivity contribution in [2.75, 3.05) is 0 Å². The van der Waals surface area contributed by atoms with Gasteiger partial charge in [-0.25, -0.2) is 14.0 Å². The molecular weight excluding hydrogens is 748 g/mol. The molecule has 0 bridgehead atoms. The number of aromatic nitrogens is 2. The number of fused-ring (bicyclic) bond motifs is 6. The molecule has 316 valence electrons. The minimum Gasteiger partial charge on any atom is -0.478 e. The van der Waals surface area contributed by atoms with E-state index in [1.165, 1.54) is 110 Å². The summed E-state index contributed by atoms with van der Waals surface area (Å²) in [6.45, 7) is 7.74. The number of hydrogen-bond acceptors (Lipinski definition) is 2. The molecule has 2 atom stereocenters. The average molecular weight is 811 g/mol. The molecule has 2 heterocycles. The fourth-order valence-electron chi connectivity index (χ4n) is 10.2. The highest BCUT2D eigenvalue weighted by Crippen LogP contribution is 2.40. The number of para-hydroxylation sites is 2. The Labute approximate surface area is 355 Å². The minimum atomic E-state index is -0.929. The zero-order chi connectivity index (χ0) is 42.2. The number of benzene rings is 4. The van der Waals surface area contributed by atoms with Gasteiger partial charge in [0.15, 0.2) is 0 Å². The van der Waals surface area contributed by atoms with Crippen molar-refractivity contribution in [2.45, 2.75) is 137 Å². The number of hydrogen-bond donors (Lipinski definition) is 2. The Morgan fingerprint density at radius 2 is 1.07 bits per heavy atom. The molecule has 2 N–H and O–H groups in total. The van der Waals surface area contributed by atoms with Gasteiger partial charge in [-0.2, -0.15) is 0 Å². The van der Waals surface area contributed by atoms with E-state index in [1.54, 1.807) is 24.3 Å². The molecule has 8 rings (SSSR count). The summed E-state index contributed by atoms with van der Waals surface area (Å²) in [5, 5.41) is 21.9. The number of aromatic carboxylic acids is 2. The van der Waals surface area contributed by atoms with Gasteiger partial charge in [-0.3, -0.25) is 0 Å². The van der Waals surface area contributed by atoms with Gasteiger partial charge in [0.25, 0.3) is 0 Å². The van der Waals surface area contributed by atoms with Crippen molar-refractivity contribution in [2.24, 2.45) is 11.8 Å². The third kappa shape index (κ3) is 9.41. The first-order chi connectivity index (χ1) is 29.2. The van der Waals surface area contributed by atoms with Crippen molar-refractivity contribution in [3.05, 3.63) is 141 Å². The smallest absolute Gasteiger partial charge is 0.337 e. The number of nitrogens with zero attached hydrogens (tertiary/aromatic N) is 2. The molecular formula is C53H63FN2O4. The molecule has 2 aliphatic carbocycles. The van der Waals surface area contributed by atoms with Crippen molar-refractivity contribution >= 4 is 33.7 Å². The van der Waals surface area contributed by atoms with Gasteiger partial charge in [-0.15, -0.1) is 0 Å². The van der Waals surface area contributed by atoms with E-state index in [-0.39, 0.29) is 5.82 Å². The molecule has 2 unspecified atom stereocenters. The number of rotatable bonds is 16. The van der Waals surface area contributed by atoms with Crippen LogP contribution in [0.1, 0.15) is 151 Å². The summed E-state index contributed by atoms with van der Waals surface area (Å²) in [7, 11) is 0. The van der Waals surface area contributed by atoms with E-state index in [2.05, 4.69) is 60.2 Å². The second-order valence-corrected chi connectivity index (χ2v) is 17.5. The number of unbranched alkanes of at least 4 members (excludes halogenated alkanes) is 6. The summed E-state index contributed by atoms with van der Waals surface area (Å²) in [5.41, 5.74) is 10.7. The Bertz CT molecular complexity index is 2270. The molecule has 60 heavy (non-hydrogen) atoms. The molecule has 0 aliphatic heterocycles. The van der Waals surface area contributed by atoms with Gasteiger partial charge in [0.1, 0.15) is 5.82 Å². The summed E-state index contributed by atoms with van der Waals surface area (Å²) in [5.74, 6) is -0.680. The van der Waals surface area contributed by atoms with Crippen LogP contribution < -0.4 is 0 Å². The third-order valence-electron chi connectivity index (χ3n) is 13.4. The maximum atomic E-state index is 14.5. The van der Waals surface area contributed by atoms with Gasteiger partial charge in [-0.1, -0.05) is 145 Å². The van der Waals surface area contributed by atoms with E-state index in [0.717, 1.165) is 60.5 Å². The van der Waals surface area contributed by atoms with Crippen molar-refractivity contribution in [3.63, 3.8) is 0 Å². The van der Waals surface area contributed by atoms with Gasteiger partial charge in [-0.05, 0) is 97.7 Å². The van der Waals surface area contributed by atoms with Crippen LogP contribution in [0.3, 0.4) is 0 Å². The summed E-state index contributed by atoms with van der Waals surface area (Å²) in [6, 6.07) is 26.6. The predicted octanol–water partition coefficient (Wildman–Crippen LogP) is 13.4. The van der Waals surface area contributed by atoms with Crippen molar-refractivity contribution in [3.8, 4) is 0 Å². The van der Waals surface area contributed by atoms with Crippen LogP contribution in [0, 0.1) is 24.6 Å². The Hall–Kier alpha value is -5.17. The van der Waals surface area contributed by atoms with Crippen LogP contribution in [0.2, 0.25) is 0 Å². The lowest BCUT2D eigenvalue weighted by molar-refractivity contribution is 0.0687. The van der Waals surface area contributed by atoms with Crippen LogP contribution >= 0.6 is 0 Å². The van der Waals surface area contributed by atoms with Gasteiger partial charge >= 0.3 is 11.9 Å². The van der Waals surface area contributed by atoms with Gasteiger partial charge in [0.05, 0.1) is 28.7 Å². The molecule has 0 radical (unpaired) electrons. The van der Waals surface area contributed by atoms with Crippen LogP contribution in [0.25, 0.3) is 21.8 Å². The Kier molecular flexibility index (Phi) is 14.3. The van der Waals surface area contributed by atoms with Crippen LogP contribution in [0.15, 0.2) is 84.9 Å². The molecule has 0 amide bonds. The number of halogens is 1. The number of aryl methyl sites for hydroxylation is 3. The van der Waals surface area contributed by atoms with Crippen molar-refractivity contribution < 1.29 is 24.2 Å². The highest BCUT2D eigenvalue weighted by molar-refractivity contribution is 6.05. The Morgan fingerprint density at radius 1 is 0.600 bits per heavy atom. The van der Waals surface area contributed by atoms with Gasteiger partial charge in [0, 0.05) is 34.3 Å². The highest BCUT2D eigenvalue weighted by Gasteiger charge is 2.29. The molecule has 0 spiro atoms. The topological polar surface area (TPSA) is 84.5 Å². The number of carbonyl (C=O) groups is 2. The lowest BCUT2D eigenvalue weighted by Crippen LogP contribution is -2.18. The van der Waals surface area contributed by atoms with E-state index >= 15 is 0 Å². The molecule has 0 saturated heterocycles. The fourth-order valence-corrected chi connectivity index (χ4v) is 10.2. The van der Waals surface area contributed by atoms with E-state index < -0.39 is 11.9 Å². The SMILES string of the molecule is CCCCCCC1CCc2c(n(Cc3ccccc3C)c3c(C(=O)O)cccc23)C1.CCCCCCC1CCc2c(n(Cc3ccccc3F)c3c(C(=O)O)cccc23)C1. The Balaban J connectivity index is 0.000000181. The van der Waals surface area contributed by atoms with Crippen LogP contribution in [-0.2, 0) is 38.8 Å². The maximum absolute atomic E-state index is 14.5. The number of carboxylic acids is 2. The maximum Gasteiger partial charge on any atom is 0.337 e. The van der Waals surface area contributed by atoms with Crippen LogP contribution in [0.4, 0.5) is 4.39 Å². The number of carboxylic acid groups (broad SMARTS) is 2. The summed E-state index contributed by atoms with van der Waals surface area (Å²) >= 11 is 0. The van der Waals surface area contributed by atoms with Gasteiger partial charge in [0.2, 0.25) is 0 Å². The fraction of sp³-hybridized carbons (Fsp3) is 0.434. The second kappa shape index (κ2) is 19.9. The molecule has 0 fully saturated rings. The lowest BCUT2D eigenvalue weighted by atomic mass is 9.83. The van der Waals surface area contributed by atoms with Crippen molar-refractivity contribution in [1.29, 1.82) is 0 Å². The Morgan fingerprint density at radius 3 is 1.53 bits per heavy atom. The molecule has 6 nitrogen and oxygen atoms in total. The molecule has 2 aliphatic rings. The summed E-state index contributed by atoms with van der Waals surface area (Å²) in [4.78, 5) is 24.0. The van der Waals surface area contributed by atoms with E-state index in [4.69, 9.17) is 0 Å². The standard InChI is InChI=1S/C27H33NO2.C26H30FNO2/c1-3-4-5-6-11-20-15-16-22-23-13-9-14-24(27(29)30)26(23)28(25(22)17-20)18-21-12-8-7-10-19(21)2;1-2-3-4-5-9-18-14-15-20-21-11-8-12-22(26(29)30)25(21)28(24(20)16-18)17-19-10-6-7-13-23(19)27/h7-10,12-14,20H,3-6,11,15-18H2,1-2H3,(H,29,30);6-8,10-13,18H,2-5,9,14-17H2,1H3,(H,29,30). The molecule has 0 saturated carbocycles. The van der Waals surface area contributed by atoms with Gasteiger partial charge < -0.3 is 19.3 Å². The first-order valence-electron chi connectivity index (χ1n) is 22.7. The third-order valence-corrected chi connectivity index (χ3v) is 13.4. The highest BCUT2D eigenvalue weighted by atomic mass is 19.1. The normalized spacial score (nSPS) is 16.0. The molecule has 7 heteroatoms. The summed E-state index contributed by atoms with van der Waals surface area (Å²) < 4.78 is 18.9. The first-order valence-corrected chi connectivity index (χ1v) is 22.7. The summed E-state index contributed by atoms with van der Waals surface area (Å²) in [6.07, 6.45) is 19.2. The molecule has 6 aromatic rings. The largest absolute Gasteiger partial charge is 0.478 e. The van der Waals surface area contributed by atoms with E-state index in [0.29, 0.717) is 35.1 Å². The van der Waals surface area contributed by atoms with E-state index in [1.807, 2.05) is 24.3 Å². The predicted molar refractivity (Wildman–Crippen MR) is 242 cm³/mol. The lowest BCUT2D eigenvalue weighted by Gasteiger charge is -2.25. The van der Waals surface area contributed by atoms with Crippen LogP contribution in [0.5, 0.6) is 0 Å². The van der Waals surface area contributed by atoms with E-state index in [9.17, 15) is 24.2 Å². The monoisotopic (exact) mass is 810 g/mol. The molecule has 2 aromatic heterocycles. The molecule has 4 aromatic carbocycles. The quantitative estimate of drug-likeness (QED) is 0.0954. The average Bonchev–Trinajstić information content (AvgIpc) is 3.74. The second-order valence-electron chi connectivity index (χ2n) is 17.5. The minimum absolute atomic E-state index is 0.243. The first kappa shape index (κ1) is 42.9. The van der Waals surface area contributed by atoms with Crippen molar-refractivity contribution in [1.82, 2.24) is 9.13 Å².